The first-order valence-corrected chi connectivity index (χ1v) is 8.68. The maximum atomic E-state index is 12.5. The predicted molar refractivity (Wildman–Crippen MR) is 90.3 cm³/mol. The van der Waals surface area contributed by atoms with Crippen LogP contribution >= 0.6 is 11.3 Å². The number of hydrogen-bond donors (Lipinski definition) is 0. The van der Waals surface area contributed by atoms with Crippen molar-refractivity contribution in [2.24, 2.45) is 0 Å². The molecule has 0 unspecified atom stereocenters. The van der Waals surface area contributed by atoms with E-state index in [1.165, 1.54) is 0 Å². The molecule has 3 rings (SSSR count). The van der Waals surface area contributed by atoms with Crippen molar-refractivity contribution in [2.45, 2.75) is 32.2 Å². The minimum absolute atomic E-state index is 0.172. The van der Waals surface area contributed by atoms with Crippen molar-refractivity contribution in [2.75, 3.05) is 19.8 Å². The fourth-order valence-electron chi connectivity index (χ4n) is 2.72. The Labute approximate surface area is 140 Å². The number of morpholine rings is 1. The van der Waals surface area contributed by atoms with Crippen molar-refractivity contribution in [1.29, 1.82) is 0 Å². The van der Waals surface area contributed by atoms with E-state index in [2.05, 4.69) is 9.97 Å². The van der Waals surface area contributed by atoms with Gasteiger partial charge in [0.05, 0.1) is 30.1 Å². The van der Waals surface area contributed by atoms with Crippen LogP contribution in [0.25, 0.3) is 10.7 Å². The van der Waals surface area contributed by atoms with Gasteiger partial charge in [-0.25, -0.2) is 4.98 Å². The quantitative estimate of drug-likeness (QED) is 0.864. The maximum absolute atomic E-state index is 12.5. The van der Waals surface area contributed by atoms with Gasteiger partial charge in [0.2, 0.25) is 5.91 Å². The van der Waals surface area contributed by atoms with Crippen LogP contribution in [0, 0.1) is 0 Å². The normalized spacial score (nSPS) is 17.2. The van der Waals surface area contributed by atoms with Crippen LogP contribution in [0.4, 0.5) is 0 Å². The third-order valence-corrected chi connectivity index (χ3v) is 4.89. The van der Waals surface area contributed by atoms with E-state index in [1.807, 2.05) is 42.3 Å². The molecule has 2 aromatic heterocycles. The highest BCUT2D eigenvalue weighted by Gasteiger charge is 2.33. The highest BCUT2D eigenvalue weighted by Crippen LogP contribution is 2.23. The number of rotatable bonds is 4. The largest absolute Gasteiger partial charge is 0.377 e. The minimum Gasteiger partial charge on any atom is -0.377 e. The van der Waals surface area contributed by atoms with Gasteiger partial charge in [-0.2, -0.15) is 0 Å². The van der Waals surface area contributed by atoms with E-state index in [-0.39, 0.29) is 11.4 Å². The fraction of sp³-hybridized carbons (Fsp3) is 0.471. The summed E-state index contributed by atoms with van der Waals surface area (Å²) in [6, 6.07) is 5.79. The summed E-state index contributed by atoms with van der Waals surface area (Å²) >= 11 is 1.57. The number of carbonyl (C=O) groups is 1. The van der Waals surface area contributed by atoms with Crippen LogP contribution in [0.3, 0.4) is 0 Å². The molecule has 23 heavy (non-hydrogen) atoms. The summed E-state index contributed by atoms with van der Waals surface area (Å²) in [6.07, 6.45) is 2.91. The molecule has 6 heteroatoms. The van der Waals surface area contributed by atoms with E-state index < -0.39 is 0 Å². The Balaban J connectivity index is 1.60. The Morgan fingerprint density at radius 3 is 3.04 bits per heavy atom. The molecule has 0 spiro atoms. The topological polar surface area (TPSA) is 55.3 Å². The number of aryl methyl sites for hydroxylation is 1. The predicted octanol–water partition coefficient (Wildman–Crippen LogP) is 2.78. The van der Waals surface area contributed by atoms with Crippen molar-refractivity contribution < 1.29 is 9.53 Å². The van der Waals surface area contributed by atoms with E-state index >= 15 is 0 Å². The van der Waals surface area contributed by atoms with Crippen LogP contribution in [-0.2, 0) is 16.0 Å². The van der Waals surface area contributed by atoms with Gasteiger partial charge in [-0.1, -0.05) is 6.07 Å². The second-order valence-corrected chi connectivity index (χ2v) is 7.13. The average molecular weight is 331 g/mol. The lowest BCUT2D eigenvalue weighted by Gasteiger charge is -2.42. The summed E-state index contributed by atoms with van der Waals surface area (Å²) in [4.78, 5) is 23.3. The van der Waals surface area contributed by atoms with Crippen molar-refractivity contribution in [3.05, 3.63) is 35.5 Å². The Bertz CT molecular complexity index is 669. The minimum atomic E-state index is -0.226. The lowest BCUT2D eigenvalue weighted by atomic mass is 10.0. The average Bonchev–Trinajstić information content (AvgIpc) is 3.02. The molecule has 2 aromatic rings. The summed E-state index contributed by atoms with van der Waals surface area (Å²) in [5, 5.41) is 2.92. The lowest BCUT2D eigenvalue weighted by molar-refractivity contribution is -0.146. The molecule has 1 fully saturated rings. The van der Waals surface area contributed by atoms with Crippen LogP contribution in [0.2, 0.25) is 0 Å². The first-order valence-electron chi connectivity index (χ1n) is 7.80. The number of ether oxygens (including phenoxy) is 1. The van der Waals surface area contributed by atoms with Crippen molar-refractivity contribution in [1.82, 2.24) is 14.9 Å². The van der Waals surface area contributed by atoms with Gasteiger partial charge in [0.1, 0.15) is 5.01 Å². The molecule has 3 heterocycles. The van der Waals surface area contributed by atoms with Gasteiger partial charge >= 0.3 is 0 Å². The zero-order valence-electron chi connectivity index (χ0n) is 13.5. The number of amides is 1. The van der Waals surface area contributed by atoms with Gasteiger partial charge in [0.25, 0.3) is 0 Å². The second kappa shape index (κ2) is 6.76. The molecule has 1 aliphatic heterocycles. The molecule has 0 saturated carbocycles. The molecule has 0 N–H and O–H groups in total. The molecule has 1 amide bonds. The summed E-state index contributed by atoms with van der Waals surface area (Å²) < 4.78 is 5.47. The SMILES string of the molecule is CC1(C)COCCN1C(=O)CCc1csc(-c2ccccn2)n1. The summed E-state index contributed by atoms with van der Waals surface area (Å²) in [6.45, 7) is 5.98. The Hall–Kier alpha value is -1.79. The number of aromatic nitrogens is 2. The van der Waals surface area contributed by atoms with Crippen LogP contribution in [0.5, 0.6) is 0 Å². The Morgan fingerprint density at radius 1 is 1.43 bits per heavy atom. The molecule has 122 valence electrons. The van der Waals surface area contributed by atoms with E-state index in [9.17, 15) is 4.79 Å². The van der Waals surface area contributed by atoms with Gasteiger partial charge in [-0.15, -0.1) is 11.3 Å². The third-order valence-electron chi connectivity index (χ3n) is 3.98. The number of pyridine rings is 1. The Morgan fingerprint density at radius 2 is 2.30 bits per heavy atom. The molecular weight excluding hydrogens is 310 g/mol. The number of thiazole rings is 1. The first kappa shape index (κ1) is 16.1. The molecule has 0 aromatic carbocycles. The number of hydrogen-bond acceptors (Lipinski definition) is 5. The number of nitrogens with zero attached hydrogens (tertiary/aromatic N) is 3. The van der Waals surface area contributed by atoms with Gasteiger partial charge in [0, 0.05) is 24.5 Å². The van der Waals surface area contributed by atoms with Crippen molar-refractivity contribution in [3.63, 3.8) is 0 Å². The number of carbonyl (C=O) groups excluding carboxylic acids is 1. The lowest BCUT2D eigenvalue weighted by Crippen LogP contribution is -2.55. The molecule has 0 atom stereocenters. The van der Waals surface area contributed by atoms with Crippen molar-refractivity contribution in [3.8, 4) is 10.7 Å². The van der Waals surface area contributed by atoms with Gasteiger partial charge in [-0.3, -0.25) is 9.78 Å². The first-order chi connectivity index (χ1) is 11.1. The second-order valence-electron chi connectivity index (χ2n) is 6.27. The summed E-state index contributed by atoms with van der Waals surface area (Å²) in [7, 11) is 0. The monoisotopic (exact) mass is 331 g/mol. The van der Waals surface area contributed by atoms with E-state index in [0.29, 0.717) is 32.6 Å². The standard InChI is InChI=1S/C17H21N3O2S/c1-17(2)12-22-10-9-20(17)15(21)7-6-13-11-23-16(19-13)14-5-3-4-8-18-14/h3-5,8,11H,6-7,9-10,12H2,1-2H3. The van der Waals surface area contributed by atoms with Crippen LogP contribution in [0.1, 0.15) is 26.0 Å². The van der Waals surface area contributed by atoms with Crippen molar-refractivity contribution >= 4 is 17.2 Å². The van der Waals surface area contributed by atoms with Crippen LogP contribution in [0.15, 0.2) is 29.8 Å². The molecule has 1 saturated heterocycles. The fourth-order valence-corrected chi connectivity index (χ4v) is 3.55. The van der Waals surface area contributed by atoms with Crippen LogP contribution in [-0.4, -0.2) is 46.1 Å². The highest BCUT2D eigenvalue weighted by molar-refractivity contribution is 7.13. The zero-order chi connectivity index (χ0) is 16.3. The van der Waals surface area contributed by atoms with Gasteiger partial charge in [-0.05, 0) is 32.4 Å². The molecule has 0 bridgehead atoms. The summed E-state index contributed by atoms with van der Waals surface area (Å²) in [5.41, 5.74) is 1.61. The smallest absolute Gasteiger partial charge is 0.223 e. The Kier molecular flexibility index (Phi) is 4.73. The highest BCUT2D eigenvalue weighted by atomic mass is 32.1. The molecule has 1 aliphatic rings. The summed E-state index contributed by atoms with van der Waals surface area (Å²) in [5.74, 6) is 0.172. The maximum Gasteiger partial charge on any atom is 0.223 e. The van der Waals surface area contributed by atoms with E-state index in [1.54, 1.807) is 17.5 Å². The molecule has 0 aliphatic carbocycles. The van der Waals surface area contributed by atoms with Gasteiger partial charge < -0.3 is 9.64 Å². The zero-order valence-corrected chi connectivity index (χ0v) is 14.3. The van der Waals surface area contributed by atoms with E-state index in [4.69, 9.17) is 4.74 Å². The van der Waals surface area contributed by atoms with E-state index in [0.717, 1.165) is 16.4 Å². The molecule has 0 radical (unpaired) electrons. The third kappa shape index (κ3) is 3.76. The molecular formula is C17H21N3O2S. The van der Waals surface area contributed by atoms with Crippen LogP contribution < -0.4 is 0 Å². The van der Waals surface area contributed by atoms with Gasteiger partial charge in [0.15, 0.2) is 0 Å². The molecule has 5 nitrogen and oxygen atoms in total.